The van der Waals surface area contributed by atoms with Crippen molar-refractivity contribution in [2.75, 3.05) is 19.7 Å². The van der Waals surface area contributed by atoms with Crippen LogP contribution in [0, 0.1) is 0 Å². The van der Waals surface area contributed by atoms with Crippen molar-refractivity contribution >= 4 is 64.1 Å². The first-order chi connectivity index (χ1) is 11.8. The van der Waals surface area contributed by atoms with Gasteiger partial charge in [-0.15, -0.1) is 0 Å². The van der Waals surface area contributed by atoms with E-state index in [9.17, 15) is 14.4 Å². The number of carbonyl (C=O) groups is 3. The zero-order valence-electron chi connectivity index (χ0n) is 12.7. The molecule has 6 nitrogen and oxygen atoms in total. The molecule has 1 unspecified atom stereocenters. The average molecular weight is 426 g/mol. The molecule has 134 valence electrons. The van der Waals surface area contributed by atoms with E-state index >= 15 is 0 Å². The third-order valence-electron chi connectivity index (χ3n) is 4.04. The average Bonchev–Trinajstić information content (AvgIpc) is 3.18. The standard InChI is InChI=1S/C15H12Cl4N2O4/c16-10-8-9(11(17)13(19)12(10)18)15(24)21(14(8)23)5-7(22)20-4-6-2-1-3-25-6/h6H,1-5H2,(H,20,22). The van der Waals surface area contributed by atoms with Gasteiger partial charge in [0.05, 0.1) is 37.3 Å². The van der Waals surface area contributed by atoms with Crippen molar-refractivity contribution < 1.29 is 19.1 Å². The molecule has 1 fully saturated rings. The van der Waals surface area contributed by atoms with E-state index in [2.05, 4.69) is 5.32 Å². The molecule has 0 aliphatic carbocycles. The number of nitrogens with one attached hydrogen (secondary N) is 1. The van der Waals surface area contributed by atoms with Crippen molar-refractivity contribution in [3.05, 3.63) is 31.2 Å². The summed E-state index contributed by atoms with van der Waals surface area (Å²) in [6, 6.07) is 0. The predicted octanol–water partition coefficient (Wildman–Crippen LogP) is 3.19. The fourth-order valence-corrected chi connectivity index (χ4v) is 3.79. The molecule has 0 saturated carbocycles. The van der Waals surface area contributed by atoms with E-state index in [1.807, 2.05) is 0 Å². The Morgan fingerprint density at radius 1 is 1.04 bits per heavy atom. The predicted molar refractivity (Wildman–Crippen MR) is 93.8 cm³/mol. The SMILES string of the molecule is O=C(CN1C(=O)c2c(Cl)c(Cl)c(Cl)c(Cl)c2C1=O)NCC1CCCO1. The highest BCUT2D eigenvalue weighted by atomic mass is 35.5. The Hall–Kier alpha value is -1.05. The quantitative estimate of drug-likeness (QED) is 0.456. The van der Waals surface area contributed by atoms with Crippen LogP contribution in [0.3, 0.4) is 0 Å². The third-order valence-corrected chi connectivity index (χ3v) is 5.84. The molecule has 25 heavy (non-hydrogen) atoms. The van der Waals surface area contributed by atoms with Crippen LogP contribution in [0.25, 0.3) is 0 Å². The number of halogens is 4. The van der Waals surface area contributed by atoms with E-state index in [-0.39, 0.29) is 37.3 Å². The van der Waals surface area contributed by atoms with Crippen LogP contribution in [0.5, 0.6) is 0 Å². The van der Waals surface area contributed by atoms with E-state index in [1.165, 1.54) is 0 Å². The zero-order chi connectivity index (χ0) is 18.3. The minimum absolute atomic E-state index is 0.0485. The maximum Gasteiger partial charge on any atom is 0.263 e. The molecule has 0 radical (unpaired) electrons. The van der Waals surface area contributed by atoms with Crippen molar-refractivity contribution in [1.82, 2.24) is 10.2 Å². The number of nitrogens with zero attached hydrogens (tertiary/aromatic N) is 1. The molecule has 1 saturated heterocycles. The summed E-state index contributed by atoms with van der Waals surface area (Å²) in [6.45, 7) is 0.527. The van der Waals surface area contributed by atoms with E-state index in [1.54, 1.807) is 0 Å². The number of rotatable bonds is 4. The molecule has 2 aliphatic rings. The van der Waals surface area contributed by atoms with Crippen molar-refractivity contribution in [2.45, 2.75) is 18.9 Å². The minimum Gasteiger partial charge on any atom is -0.376 e. The van der Waals surface area contributed by atoms with Gasteiger partial charge in [-0.2, -0.15) is 0 Å². The molecule has 1 aromatic rings. The molecule has 1 N–H and O–H groups in total. The molecule has 0 spiro atoms. The largest absolute Gasteiger partial charge is 0.376 e. The van der Waals surface area contributed by atoms with Gasteiger partial charge in [-0.25, -0.2) is 0 Å². The van der Waals surface area contributed by atoms with Crippen molar-refractivity contribution in [2.24, 2.45) is 0 Å². The van der Waals surface area contributed by atoms with Gasteiger partial charge in [-0.05, 0) is 12.8 Å². The number of carbonyl (C=O) groups excluding carboxylic acids is 3. The summed E-state index contributed by atoms with van der Waals surface area (Å²) in [5.41, 5.74) is -0.281. The van der Waals surface area contributed by atoms with Gasteiger partial charge in [0.1, 0.15) is 6.54 Å². The van der Waals surface area contributed by atoms with Crippen LogP contribution in [-0.2, 0) is 9.53 Å². The van der Waals surface area contributed by atoms with E-state index < -0.39 is 24.3 Å². The lowest BCUT2D eigenvalue weighted by Gasteiger charge is -2.15. The fraction of sp³-hybridized carbons (Fsp3) is 0.400. The minimum atomic E-state index is -0.738. The molecule has 1 atom stereocenters. The van der Waals surface area contributed by atoms with Crippen molar-refractivity contribution in [3.63, 3.8) is 0 Å². The Kier molecular flexibility index (Phi) is 5.46. The smallest absolute Gasteiger partial charge is 0.263 e. The van der Waals surface area contributed by atoms with Gasteiger partial charge in [0.25, 0.3) is 11.8 Å². The number of fused-ring (bicyclic) bond motifs is 1. The second kappa shape index (κ2) is 7.29. The van der Waals surface area contributed by atoms with Gasteiger partial charge in [-0.3, -0.25) is 19.3 Å². The van der Waals surface area contributed by atoms with Crippen LogP contribution >= 0.6 is 46.4 Å². The van der Waals surface area contributed by atoms with Gasteiger partial charge in [0.2, 0.25) is 5.91 Å². The van der Waals surface area contributed by atoms with Crippen LogP contribution in [0.1, 0.15) is 33.6 Å². The summed E-state index contributed by atoms with van der Waals surface area (Å²) < 4.78 is 5.40. The lowest BCUT2D eigenvalue weighted by atomic mass is 10.1. The highest BCUT2D eigenvalue weighted by molar-refractivity contribution is 6.55. The van der Waals surface area contributed by atoms with E-state index in [0.29, 0.717) is 13.2 Å². The summed E-state index contributed by atoms with van der Waals surface area (Å²) in [6.07, 6.45) is 1.75. The second-order valence-electron chi connectivity index (χ2n) is 5.64. The Balaban J connectivity index is 1.77. The maximum atomic E-state index is 12.5. The number of hydrogen-bond donors (Lipinski definition) is 1. The Labute approximate surface area is 163 Å². The Morgan fingerprint density at radius 3 is 2.08 bits per heavy atom. The van der Waals surface area contributed by atoms with Crippen molar-refractivity contribution in [1.29, 1.82) is 0 Å². The van der Waals surface area contributed by atoms with Crippen LogP contribution in [-0.4, -0.2) is 48.4 Å². The molecule has 2 heterocycles. The second-order valence-corrected chi connectivity index (χ2v) is 7.15. The molecule has 10 heteroatoms. The monoisotopic (exact) mass is 424 g/mol. The summed E-state index contributed by atoms with van der Waals surface area (Å²) >= 11 is 23.9. The Morgan fingerprint density at radius 2 is 1.60 bits per heavy atom. The first-order valence-electron chi connectivity index (χ1n) is 7.43. The van der Waals surface area contributed by atoms with Gasteiger partial charge >= 0.3 is 0 Å². The topological polar surface area (TPSA) is 75.7 Å². The summed E-state index contributed by atoms with van der Waals surface area (Å²) in [5, 5.41) is 2.10. The van der Waals surface area contributed by atoms with Crippen LogP contribution in [0.4, 0.5) is 0 Å². The summed E-state index contributed by atoms with van der Waals surface area (Å²) in [5.74, 6) is -1.97. The molecule has 3 rings (SSSR count). The fourth-order valence-electron chi connectivity index (χ4n) is 2.77. The number of ether oxygens (including phenoxy) is 1. The van der Waals surface area contributed by atoms with Crippen molar-refractivity contribution in [3.8, 4) is 0 Å². The maximum absolute atomic E-state index is 12.5. The van der Waals surface area contributed by atoms with E-state index in [4.69, 9.17) is 51.1 Å². The lowest BCUT2D eigenvalue weighted by molar-refractivity contribution is -0.121. The number of amides is 3. The number of benzene rings is 1. The zero-order valence-corrected chi connectivity index (χ0v) is 15.7. The first kappa shape index (κ1) is 18.7. The molecular formula is C15H12Cl4N2O4. The van der Waals surface area contributed by atoms with Gasteiger partial charge < -0.3 is 10.1 Å². The lowest BCUT2D eigenvalue weighted by Crippen LogP contribution is -2.42. The van der Waals surface area contributed by atoms with Gasteiger partial charge in [-0.1, -0.05) is 46.4 Å². The third kappa shape index (κ3) is 3.34. The van der Waals surface area contributed by atoms with Crippen LogP contribution in [0.2, 0.25) is 20.1 Å². The molecule has 3 amide bonds. The normalized spacial score (nSPS) is 19.5. The van der Waals surface area contributed by atoms with Gasteiger partial charge in [0.15, 0.2) is 0 Å². The number of imide groups is 1. The highest BCUT2D eigenvalue weighted by Crippen LogP contribution is 2.44. The Bertz CT molecular complexity index is 731. The molecule has 0 bridgehead atoms. The van der Waals surface area contributed by atoms with Crippen LogP contribution in [0.15, 0.2) is 0 Å². The molecule has 0 aromatic heterocycles. The van der Waals surface area contributed by atoms with Crippen LogP contribution < -0.4 is 5.32 Å². The molecule has 2 aliphatic heterocycles. The first-order valence-corrected chi connectivity index (χ1v) is 8.94. The number of hydrogen-bond acceptors (Lipinski definition) is 4. The highest BCUT2D eigenvalue weighted by Gasteiger charge is 2.42. The molecular weight excluding hydrogens is 414 g/mol. The van der Waals surface area contributed by atoms with E-state index in [0.717, 1.165) is 17.7 Å². The molecule has 1 aromatic carbocycles. The summed E-state index contributed by atoms with van der Waals surface area (Å²) in [7, 11) is 0. The summed E-state index contributed by atoms with van der Waals surface area (Å²) in [4.78, 5) is 37.8. The van der Waals surface area contributed by atoms with Gasteiger partial charge in [0, 0.05) is 13.2 Å².